The summed E-state index contributed by atoms with van der Waals surface area (Å²) in [4.78, 5) is 0. The van der Waals surface area contributed by atoms with Gasteiger partial charge in [0.15, 0.2) is 0 Å². The number of hydrogen-bond acceptors (Lipinski definition) is 2. The molecule has 0 aliphatic carbocycles. The van der Waals surface area contributed by atoms with Gasteiger partial charge in [0, 0.05) is 14.3 Å². The third-order valence-electron chi connectivity index (χ3n) is 1.70. The Bertz CT molecular complexity index is 498. The van der Waals surface area contributed by atoms with Gasteiger partial charge in [-0.25, -0.2) is 8.42 Å². The molecule has 0 aromatic heterocycles. The molecule has 1 rings (SSSR count). The Labute approximate surface area is 108 Å². The molecule has 0 amide bonds. The van der Waals surface area contributed by atoms with Gasteiger partial charge in [-0.3, -0.25) is 0 Å². The van der Waals surface area contributed by atoms with Crippen LogP contribution in [0.5, 0.6) is 0 Å². The van der Waals surface area contributed by atoms with Gasteiger partial charge >= 0.3 is 6.18 Å². The fourth-order valence-corrected chi connectivity index (χ4v) is 2.80. The van der Waals surface area contributed by atoms with Gasteiger partial charge < -0.3 is 0 Å². The average Bonchev–Trinajstić information content (AvgIpc) is 2.04. The second-order valence-electron chi connectivity index (χ2n) is 2.99. The van der Waals surface area contributed by atoms with Crippen molar-refractivity contribution in [2.24, 2.45) is 0 Å². The van der Waals surface area contributed by atoms with Gasteiger partial charge in [0.1, 0.15) is 0 Å². The van der Waals surface area contributed by atoms with Crippen molar-refractivity contribution in [3.63, 3.8) is 0 Å². The highest BCUT2D eigenvalue weighted by atomic mass is 127. The first-order valence-electron chi connectivity index (χ1n) is 3.87. The number of alkyl halides is 3. The van der Waals surface area contributed by atoms with Crippen molar-refractivity contribution < 1.29 is 21.6 Å². The molecule has 1 aromatic carbocycles. The van der Waals surface area contributed by atoms with Gasteiger partial charge in [0.05, 0.1) is 11.3 Å². The Hall–Kier alpha value is -0.0200. The van der Waals surface area contributed by atoms with E-state index < -0.39 is 26.5 Å². The maximum Gasteiger partial charge on any atom is 0.416 e. The van der Waals surface area contributed by atoms with Crippen LogP contribution in [0.2, 0.25) is 0 Å². The maximum atomic E-state index is 12.3. The lowest BCUT2D eigenvalue weighted by Crippen LogP contribution is -2.07. The Morgan fingerprint density at radius 1 is 1.31 bits per heavy atom. The highest BCUT2D eigenvalue weighted by molar-refractivity contribution is 14.1. The van der Waals surface area contributed by atoms with Crippen molar-refractivity contribution >= 4 is 42.3 Å². The topological polar surface area (TPSA) is 34.1 Å². The van der Waals surface area contributed by atoms with Crippen molar-refractivity contribution in [2.45, 2.75) is 11.9 Å². The molecule has 2 nitrogen and oxygen atoms in total. The third-order valence-corrected chi connectivity index (χ3v) is 3.74. The molecule has 0 N–H and O–H groups in total. The quantitative estimate of drug-likeness (QED) is 0.579. The molecule has 90 valence electrons. The van der Waals surface area contributed by atoms with Crippen LogP contribution in [0.3, 0.4) is 0 Å². The summed E-state index contributed by atoms with van der Waals surface area (Å²) in [5.74, 6) is -0.614. The number of halogens is 5. The summed E-state index contributed by atoms with van der Waals surface area (Å²) in [6.07, 6.45) is -4.49. The Kier molecular flexibility index (Phi) is 4.12. The van der Waals surface area contributed by atoms with E-state index in [9.17, 15) is 21.6 Å². The van der Waals surface area contributed by atoms with Crippen LogP contribution in [-0.4, -0.2) is 8.42 Å². The minimum atomic E-state index is -4.49. The zero-order valence-electron chi connectivity index (χ0n) is 7.55. The lowest BCUT2D eigenvalue weighted by atomic mass is 10.1. The van der Waals surface area contributed by atoms with Crippen LogP contribution in [0.4, 0.5) is 13.2 Å². The van der Waals surface area contributed by atoms with Gasteiger partial charge in [0.2, 0.25) is 9.05 Å². The van der Waals surface area contributed by atoms with Crippen molar-refractivity contribution in [1.29, 1.82) is 0 Å². The smallest absolute Gasteiger partial charge is 0.212 e. The fraction of sp³-hybridized carbons (Fsp3) is 0.250. The van der Waals surface area contributed by atoms with Crippen LogP contribution in [0.1, 0.15) is 11.1 Å². The number of benzene rings is 1. The summed E-state index contributed by atoms with van der Waals surface area (Å²) in [7, 11) is 1.13. The third kappa shape index (κ3) is 4.10. The number of hydrogen-bond donors (Lipinski definition) is 0. The highest BCUT2D eigenvalue weighted by Crippen LogP contribution is 2.31. The van der Waals surface area contributed by atoms with Gasteiger partial charge in [-0.2, -0.15) is 13.2 Å². The molecule has 0 fully saturated rings. The predicted molar refractivity (Wildman–Crippen MR) is 62.6 cm³/mol. The van der Waals surface area contributed by atoms with Gasteiger partial charge in [0.25, 0.3) is 0 Å². The molecular formula is C8H5ClF3IO2S. The van der Waals surface area contributed by atoms with E-state index in [4.69, 9.17) is 10.7 Å². The van der Waals surface area contributed by atoms with E-state index in [1.807, 2.05) is 0 Å². The van der Waals surface area contributed by atoms with Crippen LogP contribution in [0, 0.1) is 3.57 Å². The maximum absolute atomic E-state index is 12.3. The van der Waals surface area contributed by atoms with E-state index in [0.717, 1.165) is 12.1 Å². The SMILES string of the molecule is O=S(=O)(Cl)Cc1cc(C(F)(F)F)ccc1I. The molecule has 0 aliphatic heterocycles. The lowest BCUT2D eigenvalue weighted by molar-refractivity contribution is -0.137. The summed E-state index contributed by atoms with van der Waals surface area (Å²) in [5, 5.41) is 0. The van der Waals surface area contributed by atoms with Gasteiger partial charge in [-0.1, -0.05) is 0 Å². The minimum Gasteiger partial charge on any atom is -0.212 e. The Balaban J connectivity index is 3.20. The van der Waals surface area contributed by atoms with Crippen molar-refractivity contribution in [2.75, 3.05) is 0 Å². The molecule has 0 saturated carbocycles. The van der Waals surface area contributed by atoms with Crippen LogP contribution < -0.4 is 0 Å². The molecule has 8 heteroatoms. The number of rotatable bonds is 2. The molecule has 16 heavy (non-hydrogen) atoms. The second-order valence-corrected chi connectivity index (χ2v) is 6.93. The first kappa shape index (κ1) is 14.0. The monoisotopic (exact) mass is 384 g/mol. The van der Waals surface area contributed by atoms with E-state index in [2.05, 4.69) is 0 Å². The predicted octanol–water partition coefficient (Wildman–Crippen LogP) is 3.38. The molecule has 0 heterocycles. The van der Waals surface area contributed by atoms with Crippen molar-refractivity contribution in [3.05, 3.63) is 32.9 Å². The van der Waals surface area contributed by atoms with E-state index in [1.54, 1.807) is 22.6 Å². The van der Waals surface area contributed by atoms with Gasteiger partial charge in [-0.15, -0.1) is 0 Å². The summed E-state index contributed by atoms with van der Waals surface area (Å²) >= 11 is 1.75. The first-order valence-corrected chi connectivity index (χ1v) is 7.43. The van der Waals surface area contributed by atoms with Crippen LogP contribution in [-0.2, 0) is 21.0 Å². The zero-order chi connectivity index (χ0) is 12.6. The average molecular weight is 385 g/mol. The molecule has 0 unspecified atom stereocenters. The molecule has 0 aliphatic rings. The van der Waals surface area contributed by atoms with Crippen LogP contribution in [0.15, 0.2) is 18.2 Å². The molecule has 0 radical (unpaired) electrons. The van der Waals surface area contributed by atoms with E-state index in [1.165, 1.54) is 6.07 Å². The van der Waals surface area contributed by atoms with E-state index in [-0.39, 0.29) is 5.56 Å². The summed E-state index contributed by atoms with van der Waals surface area (Å²) in [6, 6.07) is 2.90. The summed E-state index contributed by atoms with van der Waals surface area (Å²) in [6.45, 7) is 0. The van der Waals surface area contributed by atoms with Crippen molar-refractivity contribution in [1.82, 2.24) is 0 Å². The first-order chi connectivity index (χ1) is 7.09. The normalized spacial score (nSPS) is 12.8. The van der Waals surface area contributed by atoms with Crippen LogP contribution >= 0.6 is 33.3 Å². The van der Waals surface area contributed by atoms with Gasteiger partial charge in [-0.05, 0) is 46.4 Å². The standard InChI is InChI=1S/C8H5ClF3IO2S/c9-16(14,15)4-5-3-6(8(10,11)12)1-2-7(5)13/h1-3H,4H2. The van der Waals surface area contributed by atoms with E-state index in [0.29, 0.717) is 3.57 Å². The minimum absolute atomic E-state index is 0.0467. The molecule has 0 atom stereocenters. The highest BCUT2D eigenvalue weighted by Gasteiger charge is 2.31. The van der Waals surface area contributed by atoms with Crippen molar-refractivity contribution in [3.8, 4) is 0 Å². The zero-order valence-corrected chi connectivity index (χ0v) is 11.3. The molecule has 1 aromatic rings. The molecular weight excluding hydrogens is 380 g/mol. The summed E-state index contributed by atoms with van der Waals surface area (Å²) < 4.78 is 59.1. The summed E-state index contributed by atoms with van der Waals surface area (Å²) in [5.41, 5.74) is -0.839. The van der Waals surface area contributed by atoms with Crippen LogP contribution in [0.25, 0.3) is 0 Å². The van der Waals surface area contributed by atoms with E-state index >= 15 is 0 Å². The molecule has 0 spiro atoms. The fourth-order valence-electron chi connectivity index (χ4n) is 1.05. The Morgan fingerprint density at radius 3 is 2.31 bits per heavy atom. The molecule has 0 bridgehead atoms. The largest absolute Gasteiger partial charge is 0.416 e. The second kappa shape index (κ2) is 4.69. The molecule has 0 saturated heterocycles. The lowest BCUT2D eigenvalue weighted by Gasteiger charge is -2.09. The Morgan fingerprint density at radius 2 is 1.88 bits per heavy atom.